The normalized spacial score (nSPS) is 12.7. The summed E-state index contributed by atoms with van der Waals surface area (Å²) in [6, 6.07) is 1.51. The Morgan fingerprint density at radius 1 is 2.00 bits per heavy atom. The van der Waals surface area contributed by atoms with E-state index in [2.05, 4.69) is 0 Å². The fourth-order valence-corrected chi connectivity index (χ4v) is 0.954. The molecule has 40 valence electrons. The van der Waals surface area contributed by atoms with Crippen molar-refractivity contribution in [1.82, 2.24) is 0 Å². The molecule has 0 aliphatic rings. The van der Waals surface area contributed by atoms with Crippen molar-refractivity contribution in [2.24, 2.45) is 0 Å². The van der Waals surface area contributed by atoms with Gasteiger partial charge < -0.3 is 0 Å². The topological polar surface area (TPSA) is 23.8 Å². The molecule has 0 heterocycles. The van der Waals surface area contributed by atoms with Crippen molar-refractivity contribution in [3.63, 3.8) is 0 Å². The Labute approximate surface area is 48.7 Å². The van der Waals surface area contributed by atoms with Crippen LogP contribution in [0.5, 0.6) is 0 Å². The molecule has 1 atom stereocenters. The molecule has 0 saturated heterocycles. The molecular weight excluding hydrogens is 160 g/mol. The fourth-order valence-electron chi connectivity index (χ4n) is 0.184. The predicted molar refractivity (Wildman–Crippen MR) is 26.9 cm³/mol. The number of hydrogen-bond donors (Lipinski definition) is 0. The van der Waals surface area contributed by atoms with E-state index in [0.717, 1.165) is 0 Å². The Morgan fingerprint density at radius 2 is 2.57 bits per heavy atom. The van der Waals surface area contributed by atoms with Gasteiger partial charge >= 0.3 is 48.0 Å². The van der Waals surface area contributed by atoms with Gasteiger partial charge in [0.05, 0.1) is 0 Å². The summed E-state index contributed by atoms with van der Waals surface area (Å²) in [5.74, 6) is 1.91. The van der Waals surface area contributed by atoms with Crippen LogP contribution in [0.2, 0.25) is 11.1 Å². The average Bonchev–Trinajstić information content (AvgIpc) is 1.68. The van der Waals surface area contributed by atoms with Gasteiger partial charge in [-0.25, -0.2) is 0 Å². The van der Waals surface area contributed by atoms with Gasteiger partial charge in [-0.2, -0.15) is 0 Å². The van der Waals surface area contributed by atoms with E-state index in [1.807, 2.05) is 5.82 Å². The number of nitrogens with zero attached hydrogens (tertiary/aromatic N) is 1. The maximum absolute atomic E-state index is 11.8. The minimum atomic E-state index is -1.22. The zero-order valence-corrected chi connectivity index (χ0v) is 5.73. The van der Waals surface area contributed by atoms with Gasteiger partial charge in [0.2, 0.25) is 0 Å². The van der Waals surface area contributed by atoms with Crippen molar-refractivity contribution in [1.29, 1.82) is 5.26 Å². The van der Waals surface area contributed by atoms with Crippen molar-refractivity contribution in [3.8, 4) is 6.07 Å². The molecule has 0 amide bonds. The van der Waals surface area contributed by atoms with Gasteiger partial charge in [-0.15, -0.1) is 0 Å². The van der Waals surface area contributed by atoms with Gasteiger partial charge in [0, 0.05) is 0 Å². The standard InChI is InChI=1S/C4H6FNSe/c1-7-3-4(5)2-6/h4H,3H2,1H3. The molecule has 0 N–H and O–H groups in total. The van der Waals surface area contributed by atoms with Crippen LogP contribution >= 0.6 is 0 Å². The molecule has 0 aliphatic heterocycles. The van der Waals surface area contributed by atoms with Gasteiger partial charge in [-0.05, 0) is 0 Å². The molecule has 0 aromatic carbocycles. The Balaban J connectivity index is 3.04. The number of alkyl halides is 1. The van der Waals surface area contributed by atoms with Crippen LogP contribution < -0.4 is 0 Å². The molecule has 0 spiro atoms. The molecule has 0 aromatic heterocycles. The second-order valence-electron chi connectivity index (χ2n) is 1.05. The molecule has 0 saturated carbocycles. The second kappa shape index (κ2) is 4.11. The first kappa shape index (κ1) is 6.94. The summed E-state index contributed by atoms with van der Waals surface area (Å²) in [6.07, 6.45) is -1.22. The minimum absolute atomic E-state index is 0.301. The van der Waals surface area contributed by atoms with Gasteiger partial charge in [0.1, 0.15) is 0 Å². The monoisotopic (exact) mass is 167 g/mol. The van der Waals surface area contributed by atoms with E-state index in [1.54, 1.807) is 0 Å². The van der Waals surface area contributed by atoms with Crippen LogP contribution in [-0.2, 0) is 0 Å². The van der Waals surface area contributed by atoms with Crippen LogP contribution in [0.4, 0.5) is 4.39 Å². The van der Waals surface area contributed by atoms with E-state index in [0.29, 0.717) is 20.3 Å². The molecule has 0 rings (SSSR count). The third-order valence-corrected chi connectivity index (χ3v) is 1.77. The van der Waals surface area contributed by atoms with Gasteiger partial charge in [0.15, 0.2) is 0 Å². The fraction of sp³-hybridized carbons (Fsp3) is 0.750. The summed E-state index contributed by atoms with van der Waals surface area (Å²) in [5.41, 5.74) is 0. The van der Waals surface area contributed by atoms with Gasteiger partial charge in [-0.1, -0.05) is 0 Å². The van der Waals surface area contributed by atoms with E-state index in [-0.39, 0.29) is 0 Å². The summed E-state index contributed by atoms with van der Waals surface area (Å²) in [4.78, 5) is 0. The summed E-state index contributed by atoms with van der Waals surface area (Å²) in [6.45, 7) is 0. The van der Waals surface area contributed by atoms with Crippen molar-refractivity contribution < 1.29 is 4.39 Å². The number of halogens is 1. The SMILES string of the molecule is C[Se]CC(F)C#N. The van der Waals surface area contributed by atoms with E-state index in [4.69, 9.17) is 5.26 Å². The summed E-state index contributed by atoms with van der Waals surface area (Å²) in [5, 5.41) is 8.28. The van der Waals surface area contributed by atoms with E-state index >= 15 is 0 Å². The molecule has 0 aromatic rings. The second-order valence-corrected chi connectivity index (χ2v) is 2.96. The van der Waals surface area contributed by atoms with Crippen molar-refractivity contribution in [3.05, 3.63) is 0 Å². The molecular formula is C4H6FNSe. The van der Waals surface area contributed by atoms with Gasteiger partial charge in [0.25, 0.3) is 0 Å². The third kappa shape index (κ3) is 3.78. The van der Waals surface area contributed by atoms with Crippen LogP contribution in [0.25, 0.3) is 0 Å². The maximum atomic E-state index is 11.8. The zero-order chi connectivity index (χ0) is 5.70. The van der Waals surface area contributed by atoms with E-state index in [9.17, 15) is 4.39 Å². The number of nitriles is 1. The van der Waals surface area contributed by atoms with E-state index < -0.39 is 6.17 Å². The van der Waals surface area contributed by atoms with Crippen LogP contribution in [0.1, 0.15) is 0 Å². The third-order valence-electron chi connectivity index (χ3n) is 0.453. The quantitative estimate of drug-likeness (QED) is 0.562. The number of hydrogen-bond acceptors (Lipinski definition) is 1. The Kier molecular flexibility index (Phi) is 4.07. The Morgan fingerprint density at radius 3 is 2.71 bits per heavy atom. The summed E-state index contributed by atoms with van der Waals surface area (Å²) >= 11 is 0.301. The van der Waals surface area contributed by atoms with E-state index in [1.165, 1.54) is 6.07 Å². The number of rotatable bonds is 2. The molecule has 0 bridgehead atoms. The van der Waals surface area contributed by atoms with Crippen LogP contribution in [0.3, 0.4) is 0 Å². The van der Waals surface area contributed by atoms with Crippen LogP contribution in [0, 0.1) is 11.3 Å². The Bertz CT molecular complexity index is 78.2. The van der Waals surface area contributed by atoms with Gasteiger partial charge in [-0.3, -0.25) is 0 Å². The average molecular weight is 166 g/mol. The Hall–Kier alpha value is -0.0605. The summed E-state index contributed by atoms with van der Waals surface area (Å²) in [7, 11) is 0. The van der Waals surface area contributed by atoms with Crippen LogP contribution in [-0.4, -0.2) is 21.1 Å². The van der Waals surface area contributed by atoms with Crippen molar-refractivity contribution in [2.45, 2.75) is 17.3 Å². The summed E-state index contributed by atoms with van der Waals surface area (Å²) < 4.78 is 11.8. The molecule has 7 heavy (non-hydrogen) atoms. The molecule has 1 unspecified atom stereocenters. The molecule has 1 nitrogen and oxygen atoms in total. The van der Waals surface area contributed by atoms with Crippen LogP contribution in [0.15, 0.2) is 0 Å². The molecule has 0 radical (unpaired) electrons. The molecule has 0 fully saturated rings. The first-order chi connectivity index (χ1) is 3.31. The molecule has 0 aliphatic carbocycles. The van der Waals surface area contributed by atoms with Crippen molar-refractivity contribution >= 4 is 15.0 Å². The predicted octanol–water partition coefficient (Wildman–Crippen LogP) is 1.02. The first-order valence-corrected chi connectivity index (χ1v) is 4.76. The molecule has 3 heteroatoms. The van der Waals surface area contributed by atoms with Crippen molar-refractivity contribution in [2.75, 3.05) is 0 Å². The zero-order valence-electron chi connectivity index (χ0n) is 4.02. The first-order valence-electron chi connectivity index (χ1n) is 1.84.